The van der Waals surface area contributed by atoms with Gasteiger partial charge in [0.25, 0.3) is 5.91 Å². The lowest BCUT2D eigenvalue weighted by atomic mass is 10.1. The Bertz CT molecular complexity index is 821. The summed E-state index contributed by atoms with van der Waals surface area (Å²) in [5, 5.41) is 3.06. The average Bonchev–Trinajstić information content (AvgIpc) is 2.60. The number of ketones is 1. The lowest BCUT2D eigenvalue weighted by Crippen LogP contribution is -2.32. The molecule has 2 rings (SSSR count). The normalized spacial score (nSPS) is 11.3. The van der Waals surface area contributed by atoms with Gasteiger partial charge in [0.05, 0.1) is 5.69 Å². The van der Waals surface area contributed by atoms with Crippen molar-refractivity contribution in [3.8, 4) is 5.75 Å². The van der Waals surface area contributed by atoms with Crippen LogP contribution in [-0.2, 0) is 14.3 Å². The molecule has 136 valence electrons. The van der Waals surface area contributed by atoms with Crippen LogP contribution in [0.4, 0.5) is 5.69 Å². The van der Waals surface area contributed by atoms with Crippen molar-refractivity contribution >= 4 is 34.9 Å². The van der Waals surface area contributed by atoms with Crippen molar-refractivity contribution in [3.05, 3.63) is 59.1 Å². The van der Waals surface area contributed by atoms with Gasteiger partial charge in [0.2, 0.25) is 0 Å². The second-order valence-corrected chi connectivity index (χ2v) is 5.91. The maximum Gasteiger partial charge on any atom is 0.344 e. The van der Waals surface area contributed by atoms with E-state index < -0.39 is 18.0 Å². The fourth-order valence-corrected chi connectivity index (χ4v) is 2.30. The topological polar surface area (TPSA) is 81.7 Å². The zero-order valence-electron chi connectivity index (χ0n) is 14.3. The molecule has 0 bridgehead atoms. The monoisotopic (exact) mass is 375 g/mol. The molecule has 2 aromatic rings. The molecule has 0 saturated carbocycles. The van der Waals surface area contributed by atoms with Crippen LogP contribution in [0.25, 0.3) is 0 Å². The third kappa shape index (κ3) is 5.60. The first-order valence-electron chi connectivity index (χ1n) is 7.85. The Morgan fingerprint density at radius 1 is 1.12 bits per heavy atom. The highest BCUT2D eigenvalue weighted by Crippen LogP contribution is 2.18. The number of halogens is 1. The van der Waals surface area contributed by atoms with Crippen LogP contribution in [0.1, 0.15) is 24.2 Å². The van der Waals surface area contributed by atoms with Gasteiger partial charge in [-0.05, 0) is 44.2 Å². The Morgan fingerprint density at radius 2 is 1.85 bits per heavy atom. The van der Waals surface area contributed by atoms with Crippen molar-refractivity contribution in [2.24, 2.45) is 0 Å². The Hall–Kier alpha value is -2.86. The summed E-state index contributed by atoms with van der Waals surface area (Å²) in [7, 11) is 0. The fraction of sp³-hybridized carbons (Fsp3) is 0.211. The van der Waals surface area contributed by atoms with Crippen molar-refractivity contribution in [2.75, 3.05) is 11.9 Å². The molecule has 26 heavy (non-hydrogen) atoms. The fourth-order valence-electron chi connectivity index (χ4n) is 2.12. The predicted octanol–water partition coefficient (Wildman–Crippen LogP) is 3.49. The number of benzene rings is 2. The molecular formula is C19H18ClNO5. The molecule has 1 amide bonds. The molecule has 0 spiro atoms. The van der Waals surface area contributed by atoms with E-state index in [-0.39, 0.29) is 12.4 Å². The molecule has 0 aliphatic carbocycles. The first kappa shape index (κ1) is 19.5. The number of carbonyl (C=O) groups is 3. The van der Waals surface area contributed by atoms with Crippen LogP contribution in [0, 0.1) is 0 Å². The van der Waals surface area contributed by atoms with Gasteiger partial charge < -0.3 is 14.8 Å². The molecule has 0 fully saturated rings. The molecule has 0 aliphatic rings. The van der Waals surface area contributed by atoms with E-state index in [1.54, 1.807) is 48.5 Å². The third-order valence-corrected chi connectivity index (χ3v) is 3.63. The molecular weight excluding hydrogens is 358 g/mol. The van der Waals surface area contributed by atoms with Crippen molar-refractivity contribution in [2.45, 2.75) is 20.0 Å². The number of hydrogen-bond acceptors (Lipinski definition) is 5. The molecule has 2 aromatic carbocycles. The van der Waals surface area contributed by atoms with E-state index in [4.69, 9.17) is 21.1 Å². The Balaban J connectivity index is 1.88. The molecule has 0 heterocycles. The maximum atomic E-state index is 12.2. The Morgan fingerprint density at radius 3 is 2.54 bits per heavy atom. The largest absolute Gasteiger partial charge is 0.482 e. The van der Waals surface area contributed by atoms with Gasteiger partial charge in [0.15, 0.2) is 18.5 Å². The van der Waals surface area contributed by atoms with E-state index in [2.05, 4.69) is 5.32 Å². The van der Waals surface area contributed by atoms with Crippen molar-refractivity contribution in [3.63, 3.8) is 0 Å². The SMILES string of the molecule is CC(=O)c1ccccc1NC(=O)[C@H](C)OC(=O)COc1cccc(Cl)c1. The van der Waals surface area contributed by atoms with E-state index >= 15 is 0 Å². The van der Waals surface area contributed by atoms with Gasteiger partial charge in [0.1, 0.15) is 5.75 Å². The highest BCUT2D eigenvalue weighted by atomic mass is 35.5. The standard InChI is InChI=1S/C19H18ClNO5/c1-12(22)16-8-3-4-9-17(16)21-19(24)13(2)26-18(23)11-25-15-7-5-6-14(20)10-15/h3-10,13H,11H2,1-2H3,(H,21,24)/t13-/m0/s1. The summed E-state index contributed by atoms with van der Waals surface area (Å²) in [4.78, 5) is 35.6. The molecule has 0 saturated heterocycles. The van der Waals surface area contributed by atoms with Crippen molar-refractivity contribution in [1.82, 2.24) is 0 Å². The van der Waals surface area contributed by atoms with Gasteiger partial charge in [-0.1, -0.05) is 29.8 Å². The van der Waals surface area contributed by atoms with Crippen LogP contribution in [0.2, 0.25) is 5.02 Å². The number of nitrogens with one attached hydrogen (secondary N) is 1. The Labute approximate surface area is 156 Å². The van der Waals surface area contributed by atoms with Crippen LogP contribution < -0.4 is 10.1 Å². The average molecular weight is 376 g/mol. The van der Waals surface area contributed by atoms with E-state index in [1.165, 1.54) is 13.8 Å². The van der Waals surface area contributed by atoms with Crippen molar-refractivity contribution < 1.29 is 23.9 Å². The minimum atomic E-state index is -1.05. The van der Waals surface area contributed by atoms with Gasteiger partial charge in [-0.25, -0.2) is 4.79 Å². The van der Waals surface area contributed by atoms with Gasteiger partial charge in [0, 0.05) is 10.6 Å². The second-order valence-electron chi connectivity index (χ2n) is 5.47. The number of carbonyl (C=O) groups excluding carboxylic acids is 3. The number of amides is 1. The summed E-state index contributed by atoms with van der Waals surface area (Å²) in [5.74, 6) is -1.01. The number of rotatable bonds is 7. The van der Waals surface area contributed by atoms with Gasteiger partial charge in [-0.15, -0.1) is 0 Å². The van der Waals surface area contributed by atoms with Crippen LogP contribution >= 0.6 is 11.6 Å². The maximum absolute atomic E-state index is 12.2. The zero-order valence-corrected chi connectivity index (χ0v) is 15.1. The lowest BCUT2D eigenvalue weighted by molar-refractivity contribution is -0.155. The summed E-state index contributed by atoms with van der Waals surface area (Å²) in [5.41, 5.74) is 0.742. The molecule has 1 atom stereocenters. The molecule has 0 unspecified atom stereocenters. The Kier molecular flexibility index (Phi) is 6.74. The van der Waals surface area contributed by atoms with Crippen LogP contribution in [0.15, 0.2) is 48.5 Å². The molecule has 7 heteroatoms. The first-order chi connectivity index (χ1) is 12.4. The number of para-hydroxylation sites is 1. The molecule has 0 aromatic heterocycles. The van der Waals surface area contributed by atoms with Gasteiger partial charge in [-0.2, -0.15) is 0 Å². The summed E-state index contributed by atoms with van der Waals surface area (Å²) in [6, 6.07) is 13.2. The summed E-state index contributed by atoms with van der Waals surface area (Å²) in [6.45, 7) is 2.48. The summed E-state index contributed by atoms with van der Waals surface area (Å²) in [6.07, 6.45) is -1.05. The van der Waals surface area contributed by atoms with Gasteiger partial charge >= 0.3 is 5.97 Å². The summed E-state index contributed by atoms with van der Waals surface area (Å²) >= 11 is 5.82. The highest BCUT2D eigenvalue weighted by molar-refractivity contribution is 6.30. The minimum Gasteiger partial charge on any atom is -0.482 e. The van der Waals surface area contributed by atoms with E-state index in [1.807, 2.05) is 0 Å². The van der Waals surface area contributed by atoms with Crippen molar-refractivity contribution in [1.29, 1.82) is 0 Å². The number of Topliss-reactive ketones (excluding diaryl/α,β-unsaturated/α-hetero) is 1. The predicted molar refractivity (Wildman–Crippen MR) is 97.6 cm³/mol. The zero-order chi connectivity index (χ0) is 19.1. The van der Waals surface area contributed by atoms with E-state index in [9.17, 15) is 14.4 Å². The number of anilines is 1. The third-order valence-electron chi connectivity index (χ3n) is 3.39. The molecule has 6 nitrogen and oxygen atoms in total. The van der Waals surface area contributed by atoms with E-state index in [0.29, 0.717) is 22.0 Å². The first-order valence-corrected chi connectivity index (χ1v) is 8.23. The van der Waals surface area contributed by atoms with Crippen LogP contribution in [-0.4, -0.2) is 30.4 Å². The van der Waals surface area contributed by atoms with E-state index in [0.717, 1.165) is 0 Å². The highest BCUT2D eigenvalue weighted by Gasteiger charge is 2.20. The second kappa shape index (κ2) is 9.01. The molecule has 0 radical (unpaired) electrons. The number of esters is 1. The summed E-state index contributed by atoms with van der Waals surface area (Å²) < 4.78 is 10.3. The number of hydrogen-bond donors (Lipinski definition) is 1. The minimum absolute atomic E-state index is 0.180. The van der Waals surface area contributed by atoms with Crippen LogP contribution in [0.5, 0.6) is 5.75 Å². The smallest absolute Gasteiger partial charge is 0.344 e. The lowest BCUT2D eigenvalue weighted by Gasteiger charge is -2.15. The van der Waals surface area contributed by atoms with Gasteiger partial charge in [-0.3, -0.25) is 9.59 Å². The quantitative estimate of drug-likeness (QED) is 0.591. The van der Waals surface area contributed by atoms with Crippen LogP contribution in [0.3, 0.4) is 0 Å². The molecule has 1 N–H and O–H groups in total. The molecule has 0 aliphatic heterocycles. The number of ether oxygens (including phenoxy) is 2.